The zero-order chi connectivity index (χ0) is 13.2. The van der Waals surface area contributed by atoms with Crippen LogP contribution in [0.15, 0.2) is 52.9 Å². The van der Waals surface area contributed by atoms with E-state index in [1.807, 2.05) is 18.2 Å². The van der Waals surface area contributed by atoms with Crippen molar-refractivity contribution in [2.75, 3.05) is 5.73 Å². The van der Waals surface area contributed by atoms with E-state index < -0.39 is 0 Å². The molecule has 0 unspecified atom stereocenters. The smallest absolute Gasteiger partial charge is 0.157 e. The minimum absolute atomic E-state index is 0.212. The molecule has 4 heteroatoms. The molecule has 3 rings (SSSR count). The molecular formula is C15H13NO3. The minimum Gasteiger partial charge on any atom is -0.508 e. The van der Waals surface area contributed by atoms with Crippen LogP contribution in [0.5, 0.6) is 11.5 Å². The number of aromatic hydroxyl groups is 1. The summed E-state index contributed by atoms with van der Waals surface area (Å²) in [5.74, 6) is 1.59. The van der Waals surface area contributed by atoms with Crippen LogP contribution in [0.4, 0.5) is 5.69 Å². The van der Waals surface area contributed by atoms with Crippen LogP contribution in [0.1, 0.15) is 5.76 Å². The molecule has 0 saturated heterocycles. The third-order valence-corrected chi connectivity index (χ3v) is 2.84. The molecule has 0 spiro atoms. The second-order valence-electron chi connectivity index (χ2n) is 4.26. The first-order valence-electron chi connectivity index (χ1n) is 5.91. The monoisotopic (exact) mass is 255 g/mol. The normalized spacial score (nSPS) is 10.7. The summed E-state index contributed by atoms with van der Waals surface area (Å²) in [6, 6.07) is 14.1. The number of nitrogens with two attached hydrogens (primary N) is 1. The molecule has 0 fully saturated rings. The Kier molecular flexibility index (Phi) is 2.76. The van der Waals surface area contributed by atoms with Crippen molar-refractivity contribution in [3.8, 4) is 11.5 Å². The lowest BCUT2D eigenvalue weighted by molar-refractivity contribution is 0.274. The molecule has 96 valence electrons. The maximum atomic E-state index is 9.18. The van der Waals surface area contributed by atoms with Gasteiger partial charge in [0.15, 0.2) is 5.58 Å². The molecule has 0 atom stereocenters. The first-order valence-corrected chi connectivity index (χ1v) is 5.91. The molecule has 0 aliphatic rings. The number of benzene rings is 2. The number of rotatable bonds is 3. The Morgan fingerprint density at radius 2 is 1.89 bits per heavy atom. The molecule has 0 aliphatic carbocycles. The van der Waals surface area contributed by atoms with Gasteiger partial charge in [0.2, 0.25) is 0 Å². The van der Waals surface area contributed by atoms with Gasteiger partial charge in [0.25, 0.3) is 0 Å². The first-order chi connectivity index (χ1) is 9.22. The number of furan rings is 1. The van der Waals surface area contributed by atoms with Crippen molar-refractivity contribution in [3.63, 3.8) is 0 Å². The Morgan fingerprint density at radius 1 is 1.11 bits per heavy atom. The van der Waals surface area contributed by atoms with E-state index >= 15 is 0 Å². The van der Waals surface area contributed by atoms with Crippen LogP contribution in [-0.2, 0) is 6.61 Å². The number of ether oxygens (including phenoxy) is 1. The molecule has 2 aromatic carbocycles. The van der Waals surface area contributed by atoms with Gasteiger partial charge in [0.1, 0.15) is 23.9 Å². The standard InChI is InChI=1S/C15H13NO3/c16-14-3-1-2-10-8-13(19-15(10)14)9-18-12-6-4-11(17)5-7-12/h1-8,17H,9,16H2. The predicted octanol–water partition coefficient (Wildman–Crippen LogP) is 3.30. The van der Waals surface area contributed by atoms with Crippen LogP contribution >= 0.6 is 0 Å². The lowest BCUT2D eigenvalue weighted by Gasteiger charge is -2.03. The van der Waals surface area contributed by atoms with Gasteiger partial charge in [-0.1, -0.05) is 12.1 Å². The van der Waals surface area contributed by atoms with Crippen molar-refractivity contribution >= 4 is 16.7 Å². The van der Waals surface area contributed by atoms with E-state index in [1.54, 1.807) is 30.3 Å². The molecule has 0 bridgehead atoms. The number of anilines is 1. The number of para-hydroxylation sites is 1. The molecule has 1 aromatic heterocycles. The quantitative estimate of drug-likeness (QED) is 0.704. The first kappa shape index (κ1) is 11.5. The fraction of sp³-hybridized carbons (Fsp3) is 0.0667. The lowest BCUT2D eigenvalue weighted by atomic mass is 10.2. The van der Waals surface area contributed by atoms with E-state index in [-0.39, 0.29) is 5.75 Å². The van der Waals surface area contributed by atoms with Gasteiger partial charge >= 0.3 is 0 Å². The Morgan fingerprint density at radius 3 is 2.63 bits per heavy atom. The Hall–Kier alpha value is -2.62. The molecule has 4 nitrogen and oxygen atoms in total. The van der Waals surface area contributed by atoms with Gasteiger partial charge in [0.05, 0.1) is 5.69 Å². The topological polar surface area (TPSA) is 68.6 Å². The van der Waals surface area contributed by atoms with E-state index in [2.05, 4.69) is 0 Å². The van der Waals surface area contributed by atoms with Gasteiger partial charge in [-0.2, -0.15) is 0 Å². The summed E-state index contributed by atoms with van der Waals surface area (Å²) in [5, 5.41) is 10.1. The number of nitrogen functional groups attached to an aromatic ring is 1. The van der Waals surface area contributed by atoms with Gasteiger partial charge in [-0.25, -0.2) is 0 Å². The van der Waals surface area contributed by atoms with E-state index in [1.165, 1.54) is 0 Å². The summed E-state index contributed by atoms with van der Waals surface area (Å²) < 4.78 is 11.2. The number of phenolic OH excluding ortho intramolecular Hbond substituents is 1. The highest BCUT2D eigenvalue weighted by atomic mass is 16.5. The Balaban J connectivity index is 1.78. The largest absolute Gasteiger partial charge is 0.508 e. The highest BCUT2D eigenvalue weighted by Crippen LogP contribution is 2.25. The van der Waals surface area contributed by atoms with Gasteiger partial charge in [-0.15, -0.1) is 0 Å². The van der Waals surface area contributed by atoms with Crippen LogP contribution in [0, 0.1) is 0 Å². The van der Waals surface area contributed by atoms with Crippen molar-refractivity contribution in [2.24, 2.45) is 0 Å². The van der Waals surface area contributed by atoms with Gasteiger partial charge < -0.3 is 20.0 Å². The summed E-state index contributed by atoms with van der Waals surface area (Å²) in [6.45, 7) is 0.318. The highest BCUT2D eigenvalue weighted by molar-refractivity contribution is 5.88. The maximum absolute atomic E-state index is 9.18. The zero-order valence-electron chi connectivity index (χ0n) is 10.2. The van der Waals surface area contributed by atoms with E-state index in [4.69, 9.17) is 14.9 Å². The number of hydrogen-bond acceptors (Lipinski definition) is 4. The Bertz CT molecular complexity index is 701. The fourth-order valence-electron chi connectivity index (χ4n) is 1.91. The SMILES string of the molecule is Nc1cccc2cc(COc3ccc(O)cc3)oc12. The maximum Gasteiger partial charge on any atom is 0.157 e. The molecule has 0 radical (unpaired) electrons. The van der Waals surface area contributed by atoms with Crippen molar-refractivity contribution in [2.45, 2.75) is 6.61 Å². The van der Waals surface area contributed by atoms with E-state index in [9.17, 15) is 5.11 Å². The van der Waals surface area contributed by atoms with E-state index in [0.717, 1.165) is 5.39 Å². The lowest BCUT2D eigenvalue weighted by Crippen LogP contribution is -1.92. The average molecular weight is 255 g/mol. The highest BCUT2D eigenvalue weighted by Gasteiger charge is 2.06. The van der Waals surface area contributed by atoms with E-state index in [0.29, 0.717) is 29.4 Å². The van der Waals surface area contributed by atoms with Gasteiger partial charge in [-0.3, -0.25) is 0 Å². The van der Waals surface area contributed by atoms with Gasteiger partial charge in [0, 0.05) is 5.39 Å². The molecule has 0 aliphatic heterocycles. The molecule has 0 saturated carbocycles. The van der Waals surface area contributed by atoms with Gasteiger partial charge in [-0.05, 0) is 36.4 Å². The fourth-order valence-corrected chi connectivity index (χ4v) is 1.91. The second kappa shape index (κ2) is 4.57. The molecule has 3 N–H and O–H groups in total. The number of phenols is 1. The third-order valence-electron chi connectivity index (χ3n) is 2.84. The van der Waals surface area contributed by atoms with Crippen molar-refractivity contribution in [3.05, 3.63) is 54.3 Å². The summed E-state index contributed by atoms with van der Waals surface area (Å²) in [4.78, 5) is 0. The number of hydrogen-bond donors (Lipinski definition) is 2. The summed E-state index contributed by atoms with van der Waals surface area (Å²) in [6.07, 6.45) is 0. The molecule has 19 heavy (non-hydrogen) atoms. The van der Waals surface area contributed by atoms with Crippen molar-refractivity contribution < 1.29 is 14.3 Å². The molecule has 0 amide bonds. The van der Waals surface area contributed by atoms with Crippen molar-refractivity contribution in [1.82, 2.24) is 0 Å². The molecule has 1 heterocycles. The summed E-state index contributed by atoms with van der Waals surface area (Å²) in [7, 11) is 0. The minimum atomic E-state index is 0.212. The summed E-state index contributed by atoms with van der Waals surface area (Å²) >= 11 is 0. The molecule has 3 aromatic rings. The summed E-state index contributed by atoms with van der Waals surface area (Å²) in [5.41, 5.74) is 7.14. The second-order valence-corrected chi connectivity index (χ2v) is 4.26. The third kappa shape index (κ3) is 2.33. The Labute approximate surface area is 110 Å². The predicted molar refractivity (Wildman–Crippen MR) is 73.1 cm³/mol. The molecular weight excluding hydrogens is 242 g/mol. The van der Waals surface area contributed by atoms with Crippen LogP contribution in [0.2, 0.25) is 0 Å². The van der Waals surface area contributed by atoms with Crippen LogP contribution < -0.4 is 10.5 Å². The van der Waals surface area contributed by atoms with Crippen LogP contribution in [0.25, 0.3) is 11.0 Å². The van der Waals surface area contributed by atoms with Crippen LogP contribution in [-0.4, -0.2) is 5.11 Å². The zero-order valence-corrected chi connectivity index (χ0v) is 10.2. The average Bonchev–Trinajstić information content (AvgIpc) is 2.83. The number of fused-ring (bicyclic) bond motifs is 1. The van der Waals surface area contributed by atoms with Crippen molar-refractivity contribution in [1.29, 1.82) is 0 Å². The van der Waals surface area contributed by atoms with Crippen LogP contribution in [0.3, 0.4) is 0 Å².